The predicted octanol–water partition coefficient (Wildman–Crippen LogP) is 3.01. The Hall–Kier alpha value is -1.79. The van der Waals surface area contributed by atoms with Crippen molar-refractivity contribution in [3.8, 4) is 23.7 Å². The summed E-state index contributed by atoms with van der Waals surface area (Å²) in [6.45, 7) is 4.91. The minimum absolute atomic E-state index is 0.00629. The largest absolute Gasteiger partial charge is 0.481 e. The van der Waals surface area contributed by atoms with Crippen molar-refractivity contribution in [3.63, 3.8) is 0 Å². The number of carbonyl (C=O) groups is 1. The molecular formula is C24H34O5. The van der Waals surface area contributed by atoms with Crippen molar-refractivity contribution in [1.82, 2.24) is 0 Å². The van der Waals surface area contributed by atoms with Gasteiger partial charge in [-0.1, -0.05) is 37.3 Å². The predicted molar refractivity (Wildman–Crippen MR) is 112 cm³/mol. The Bertz CT molecular complexity index is 690. The van der Waals surface area contributed by atoms with Gasteiger partial charge < -0.3 is 20.1 Å². The number of allylic oxidation sites excluding steroid dienone is 1. The Balaban J connectivity index is 1.83. The highest BCUT2D eigenvalue weighted by atomic mass is 16.5. The first-order valence-electron chi connectivity index (χ1n) is 10.7. The average Bonchev–Trinajstić information content (AvgIpc) is 3.18. The van der Waals surface area contributed by atoms with Crippen LogP contribution in [-0.4, -0.2) is 46.7 Å². The highest BCUT2D eigenvalue weighted by molar-refractivity contribution is 5.66. The average molecular weight is 403 g/mol. The molecule has 3 N–H and O–H groups in total. The Morgan fingerprint density at radius 3 is 2.86 bits per heavy atom. The van der Waals surface area contributed by atoms with E-state index in [0.717, 1.165) is 25.7 Å². The van der Waals surface area contributed by atoms with Gasteiger partial charge in [-0.3, -0.25) is 4.79 Å². The lowest BCUT2D eigenvalue weighted by Gasteiger charge is -2.16. The van der Waals surface area contributed by atoms with Crippen LogP contribution in [0.25, 0.3) is 0 Å². The van der Waals surface area contributed by atoms with Crippen LogP contribution >= 0.6 is 0 Å². The standard InChI is InChI=1S/C24H34O5/c1-3-4-5-7-17(2)22(25)10-9-20-21-15-18(14-19(21)16-23(20)26)11-13-29-12-6-8-24(27)28/h11,17,19-23,25-26H,3,6-8,12-16H2,1-2H3,(H,27,28)/b18-11+. The molecule has 2 rings (SSSR count). The van der Waals surface area contributed by atoms with Gasteiger partial charge in [0.05, 0.1) is 12.7 Å². The molecule has 160 valence electrons. The number of hydrogen-bond acceptors (Lipinski definition) is 4. The van der Waals surface area contributed by atoms with Gasteiger partial charge in [0, 0.05) is 37.7 Å². The van der Waals surface area contributed by atoms with E-state index in [1.54, 1.807) is 0 Å². The molecule has 0 heterocycles. The van der Waals surface area contributed by atoms with E-state index in [1.807, 2.05) is 13.8 Å². The summed E-state index contributed by atoms with van der Waals surface area (Å²) in [6.07, 6.45) is 5.69. The topological polar surface area (TPSA) is 87.0 Å². The molecule has 0 spiro atoms. The number of carboxylic acids is 1. The van der Waals surface area contributed by atoms with E-state index < -0.39 is 18.2 Å². The fourth-order valence-corrected chi connectivity index (χ4v) is 4.21. The SMILES string of the molecule is CCC#CCC(C)C(O)C#CC1C(O)CC2C/C(=C\COCCCC(=O)O)CC21. The Morgan fingerprint density at radius 2 is 2.14 bits per heavy atom. The van der Waals surface area contributed by atoms with Gasteiger partial charge in [0.1, 0.15) is 6.10 Å². The van der Waals surface area contributed by atoms with Crippen molar-refractivity contribution in [2.45, 2.75) is 71.0 Å². The fourth-order valence-electron chi connectivity index (χ4n) is 4.21. The first kappa shape index (κ1) is 23.5. The summed E-state index contributed by atoms with van der Waals surface area (Å²) in [4.78, 5) is 10.5. The van der Waals surface area contributed by atoms with E-state index >= 15 is 0 Å². The molecule has 0 radical (unpaired) electrons. The van der Waals surface area contributed by atoms with Gasteiger partial charge in [-0.05, 0) is 37.5 Å². The van der Waals surface area contributed by atoms with Gasteiger partial charge in [0.2, 0.25) is 0 Å². The summed E-state index contributed by atoms with van der Waals surface area (Å²) in [7, 11) is 0. The molecule has 5 heteroatoms. The number of aliphatic carboxylic acids is 1. The molecule has 5 nitrogen and oxygen atoms in total. The molecule has 2 aliphatic rings. The zero-order chi connectivity index (χ0) is 21.2. The molecule has 2 fully saturated rings. The number of aliphatic hydroxyl groups is 2. The molecule has 0 aromatic rings. The van der Waals surface area contributed by atoms with Crippen LogP contribution in [0.2, 0.25) is 0 Å². The number of ether oxygens (including phenoxy) is 1. The second kappa shape index (κ2) is 12.0. The van der Waals surface area contributed by atoms with Crippen molar-refractivity contribution in [2.75, 3.05) is 13.2 Å². The number of hydrogen-bond donors (Lipinski definition) is 3. The van der Waals surface area contributed by atoms with E-state index in [2.05, 4.69) is 29.8 Å². The van der Waals surface area contributed by atoms with E-state index in [4.69, 9.17) is 9.84 Å². The summed E-state index contributed by atoms with van der Waals surface area (Å²) >= 11 is 0. The maximum Gasteiger partial charge on any atom is 0.303 e. The van der Waals surface area contributed by atoms with Crippen molar-refractivity contribution in [2.24, 2.45) is 23.7 Å². The van der Waals surface area contributed by atoms with Crippen molar-refractivity contribution < 1.29 is 24.9 Å². The molecule has 0 aromatic heterocycles. The summed E-state index contributed by atoms with van der Waals surface area (Å²) in [5.41, 5.74) is 1.33. The first-order valence-corrected chi connectivity index (χ1v) is 10.7. The molecule has 6 unspecified atom stereocenters. The molecule has 29 heavy (non-hydrogen) atoms. The van der Waals surface area contributed by atoms with Crippen molar-refractivity contribution in [3.05, 3.63) is 11.6 Å². The molecule has 0 aliphatic heterocycles. The van der Waals surface area contributed by atoms with Gasteiger partial charge in [-0.2, -0.15) is 0 Å². The maximum absolute atomic E-state index is 10.5. The molecule has 0 amide bonds. The van der Waals surface area contributed by atoms with Crippen LogP contribution in [0.5, 0.6) is 0 Å². The molecule has 0 saturated heterocycles. The van der Waals surface area contributed by atoms with Crippen LogP contribution in [0.1, 0.15) is 58.8 Å². The van der Waals surface area contributed by atoms with Crippen LogP contribution in [0.4, 0.5) is 0 Å². The van der Waals surface area contributed by atoms with Crippen LogP contribution in [0, 0.1) is 47.4 Å². The third-order valence-electron chi connectivity index (χ3n) is 5.88. The second-order valence-electron chi connectivity index (χ2n) is 8.22. The third-order valence-corrected chi connectivity index (χ3v) is 5.88. The van der Waals surface area contributed by atoms with E-state index in [0.29, 0.717) is 37.9 Å². The molecular weight excluding hydrogens is 368 g/mol. The zero-order valence-electron chi connectivity index (χ0n) is 17.6. The van der Waals surface area contributed by atoms with Crippen LogP contribution < -0.4 is 0 Å². The van der Waals surface area contributed by atoms with Gasteiger partial charge in [-0.25, -0.2) is 0 Å². The van der Waals surface area contributed by atoms with E-state index in [1.165, 1.54) is 5.57 Å². The minimum atomic E-state index is -0.797. The highest BCUT2D eigenvalue weighted by Gasteiger charge is 2.45. The number of carboxylic acid groups (broad SMARTS) is 1. The number of rotatable bonds is 8. The highest BCUT2D eigenvalue weighted by Crippen LogP contribution is 2.49. The van der Waals surface area contributed by atoms with Crippen LogP contribution in [0.3, 0.4) is 0 Å². The Morgan fingerprint density at radius 1 is 1.34 bits per heavy atom. The summed E-state index contributed by atoms with van der Waals surface area (Å²) in [6, 6.07) is 0. The third kappa shape index (κ3) is 7.52. The number of aliphatic hydroxyl groups excluding tert-OH is 2. The Kier molecular flexibility index (Phi) is 9.74. The monoisotopic (exact) mass is 402 g/mol. The summed E-state index contributed by atoms with van der Waals surface area (Å²) < 4.78 is 5.50. The van der Waals surface area contributed by atoms with Gasteiger partial charge in [-0.15, -0.1) is 11.8 Å². The smallest absolute Gasteiger partial charge is 0.303 e. The van der Waals surface area contributed by atoms with Crippen molar-refractivity contribution >= 4 is 5.97 Å². The van der Waals surface area contributed by atoms with Gasteiger partial charge in [0.15, 0.2) is 0 Å². The zero-order valence-corrected chi connectivity index (χ0v) is 17.6. The molecule has 2 saturated carbocycles. The number of fused-ring (bicyclic) bond motifs is 1. The Labute approximate surface area is 174 Å². The molecule has 0 aromatic carbocycles. The van der Waals surface area contributed by atoms with Gasteiger partial charge in [0.25, 0.3) is 0 Å². The lowest BCUT2D eigenvalue weighted by atomic mass is 9.91. The normalized spacial score (nSPS) is 28.8. The second-order valence-corrected chi connectivity index (χ2v) is 8.22. The summed E-state index contributed by atoms with van der Waals surface area (Å²) in [5, 5.41) is 29.3. The molecule has 2 aliphatic carbocycles. The quantitative estimate of drug-likeness (QED) is 0.330. The fraction of sp³-hybridized carbons (Fsp3) is 0.708. The lowest BCUT2D eigenvalue weighted by molar-refractivity contribution is -0.137. The van der Waals surface area contributed by atoms with E-state index in [-0.39, 0.29) is 18.3 Å². The minimum Gasteiger partial charge on any atom is -0.481 e. The maximum atomic E-state index is 10.5. The van der Waals surface area contributed by atoms with Crippen LogP contribution in [0.15, 0.2) is 11.6 Å². The molecule has 0 bridgehead atoms. The lowest BCUT2D eigenvalue weighted by Crippen LogP contribution is -2.19. The van der Waals surface area contributed by atoms with E-state index in [9.17, 15) is 15.0 Å². The summed E-state index contributed by atoms with van der Waals surface area (Å²) in [5.74, 6) is 12.1. The van der Waals surface area contributed by atoms with Crippen LogP contribution in [-0.2, 0) is 9.53 Å². The molecule has 6 atom stereocenters. The van der Waals surface area contributed by atoms with Crippen molar-refractivity contribution in [1.29, 1.82) is 0 Å². The first-order chi connectivity index (χ1) is 13.9. The van der Waals surface area contributed by atoms with Gasteiger partial charge >= 0.3 is 5.97 Å².